The van der Waals surface area contributed by atoms with E-state index >= 15 is 0 Å². The minimum Gasteiger partial charge on any atom is -0.497 e. The predicted molar refractivity (Wildman–Crippen MR) is 105 cm³/mol. The van der Waals surface area contributed by atoms with Crippen molar-refractivity contribution in [2.45, 2.75) is 26.3 Å². The summed E-state index contributed by atoms with van der Waals surface area (Å²) in [6.07, 6.45) is 2.69. The number of nitrogens with zero attached hydrogens (tertiary/aromatic N) is 3. The Hall–Kier alpha value is -1.95. The number of aliphatic imine (C=N–C) groups is 1. The Labute approximate surface area is 157 Å². The van der Waals surface area contributed by atoms with Crippen LogP contribution in [0.25, 0.3) is 0 Å². The van der Waals surface area contributed by atoms with E-state index in [4.69, 9.17) is 14.5 Å². The van der Waals surface area contributed by atoms with Crippen molar-refractivity contribution in [3.63, 3.8) is 0 Å². The monoisotopic (exact) mass is 360 g/mol. The third-order valence-electron chi connectivity index (χ3n) is 5.08. The van der Waals surface area contributed by atoms with E-state index in [1.807, 2.05) is 12.1 Å². The van der Waals surface area contributed by atoms with Crippen molar-refractivity contribution in [1.82, 2.24) is 15.1 Å². The van der Waals surface area contributed by atoms with Gasteiger partial charge in [-0.2, -0.15) is 0 Å². The van der Waals surface area contributed by atoms with Crippen LogP contribution in [0.4, 0.5) is 0 Å². The minimum atomic E-state index is 0.825. The van der Waals surface area contributed by atoms with Gasteiger partial charge in [0.1, 0.15) is 11.5 Å². The molecule has 1 aliphatic heterocycles. The topological polar surface area (TPSA) is 49.3 Å². The van der Waals surface area contributed by atoms with Gasteiger partial charge in [-0.25, -0.2) is 0 Å². The molecule has 3 rings (SSSR count). The van der Waals surface area contributed by atoms with Crippen molar-refractivity contribution in [3.05, 3.63) is 23.8 Å². The predicted octanol–water partition coefficient (Wildman–Crippen LogP) is 2.20. The lowest BCUT2D eigenvalue weighted by molar-refractivity contribution is 0.171. The summed E-state index contributed by atoms with van der Waals surface area (Å²) in [6.45, 7) is 8.96. The fraction of sp³-hybridized carbons (Fsp3) is 0.650. The molecule has 1 heterocycles. The van der Waals surface area contributed by atoms with Gasteiger partial charge in [-0.05, 0) is 43.9 Å². The van der Waals surface area contributed by atoms with Crippen LogP contribution in [-0.4, -0.2) is 69.2 Å². The molecule has 0 spiro atoms. The lowest BCUT2D eigenvalue weighted by Gasteiger charge is -2.36. The Morgan fingerprint density at radius 3 is 2.54 bits per heavy atom. The van der Waals surface area contributed by atoms with Crippen LogP contribution in [0.3, 0.4) is 0 Å². The van der Waals surface area contributed by atoms with Crippen LogP contribution in [-0.2, 0) is 6.54 Å². The van der Waals surface area contributed by atoms with E-state index in [-0.39, 0.29) is 0 Å². The second-order valence-electron chi connectivity index (χ2n) is 7.08. The molecule has 1 saturated heterocycles. The van der Waals surface area contributed by atoms with E-state index in [1.165, 1.54) is 18.4 Å². The lowest BCUT2D eigenvalue weighted by Crippen LogP contribution is -2.52. The Balaban J connectivity index is 1.56. The fourth-order valence-corrected chi connectivity index (χ4v) is 3.31. The third kappa shape index (κ3) is 5.04. The molecule has 0 aromatic heterocycles. The van der Waals surface area contributed by atoms with E-state index in [1.54, 1.807) is 14.2 Å². The van der Waals surface area contributed by atoms with Crippen molar-refractivity contribution in [2.75, 3.05) is 53.5 Å². The molecule has 2 aliphatic rings. The molecule has 26 heavy (non-hydrogen) atoms. The molecular formula is C20H32N4O2. The zero-order valence-corrected chi connectivity index (χ0v) is 16.3. The van der Waals surface area contributed by atoms with Crippen LogP contribution in [0.2, 0.25) is 0 Å². The van der Waals surface area contributed by atoms with Gasteiger partial charge in [0.05, 0.1) is 14.2 Å². The number of benzene rings is 1. The van der Waals surface area contributed by atoms with Gasteiger partial charge in [0.15, 0.2) is 5.96 Å². The van der Waals surface area contributed by atoms with Crippen LogP contribution in [0, 0.1) is 5.92 Å². The fourth-order valence-electron chi connectivity index (χ4n) is 3.31. The Bertz CT molecular complexity index is 608. The Morgan fingerprint density at radius 1 is 1.15 bits per heavy atom. The van der Waals surface area contributed by atoms with E-state index in [9.17, 15) is 0 Å². The molecule has 2 fully saturated rings. The van der Waals surface area contributed by atoms with Crippen LogP contribution < -0.4 is 14.8 Å². The first-order valence-corrected chi connectivity index (χ1v) is 9.70. The molecular weight excluding hydrogens is 328 g/mol. The van der Waals surface area contributed by atoms with E-state index in [0.717, 1.165) is 69.2 Å². The van der Waals surface area contributed by atoms with E-state index < -0.39 is 0 Å². The molecule has 0 bridgehead atoms. The molecule has 1 aliphatic carbocycles. The largest absolute Gasteiger partial charge is 0.497 e. The highest BCUT2D eigenvalue weighted by Gasteiger charge is 2.23. The lowest BCUT2D eigenvalue weighted by atomic mass is 10.1. The number of rotatable bonds is 7. The van der Waals surface area contributed by atoms with Crippen molar-refractivity contribution in [1.29, 1.82) is 0 Å². The quantitative estimate of drug-likeness (QED) is 0.597. The summed E-state index contributed by atoms with van der Waals surface area (Å²) in [5.41, 5.74) is 1.18. The second-order valence-corrected chi connectivity index (χ2v) is 7.08. The zero-order valence-electron chi connectivity index (χ0n) is 16.3. The summed E-state index contributed by atoms with van der Waals surface area (Å²) in [4.78, 5) is 9.70. The second kappa shape index (κ2) is 9.12. The number of methoxy groups -OCH3 is 2. The standard InChI is InChI=1S/C20H32N4O2/c1-4-21-20(22-14-16-5-6-16)24-11-9-23(10-12-24)15-17-13-18(25-2)7-8-19(17)26-3/h7-8,13,16H,4-6,9-12,14-15H2,1-3H3,(H,21,22). The molecule has 0 amide bonds. The summed E-state index contributed by atoms with van der Waals surface area (Å²) < 4.78 is 10.9. The highest BCUT2D eigenvalue weighted by molar-refractivity contribution is 5.80. The summed E-state index contributed by atoms with van der Waals surface area (Å²) in [7, 11) is 3.43. The number of hydrogen-bond donors (Lipinski definition) is 1. The maximum atomic E-state index is 5.52. The van der Waals surface area contributed by atoms with Gasteiger partial charge in [0, 0.05) is 51.4 Å². The van der Waals surface area contributed by atoms with Gasteiger partial charge in [-0.15, -0.1) is 0 Å². The number of nitrogens with one attached hydrogen (secondary N) is 1. The molecule has 0 unspecified atom stereocenters. The number of ether oxygens (including phenoxy) is 2. The molecule has 1 aromatic carbocycles. The van der Waals surface area contributed by atoms with Crippen molar-refractivity contribution < 1.29 is 9.47 Å². The summed E-state index contributed by atoms with van der Waals surface area (Å²) in [5.74, 6) is 3.71. The highest BCUT2D eigenvalue weighted by Crippen LogP contribution is 2.29. The van der Waals surface area contributed by atoms with Gasteiger partial charge in [0.25, 0.3) is 0 Å². The number of piperazine rings is 1. The van der Waals surface area contributed by atoms with Gasteiger partial charge in [-0.3, -0.25) is 9.89 Å². The number of hydrogen-bond acceptors (Lipinski definition) is 4. The molecule has 144 valence electrons. The minimum absolute atomic E-state index is 0.825. The maximum absolute atomic E-state index is 5.52. The van der Waals surface area contributed by atoms with Crippen molar-refractivity contribution in [2.24, 2.45) is 10.9 Å². The first-order chi connectivity index (χ1) is 12.7. The Kier molecular flexibility index (Phi) is 6.61. The van der Waals surface area contributed by atoms with Crippen LogP contribution in [0.5, 0.6) is 11.5 Å². The van der Waals surface area contributed by atoms with Crippen LogP contribution in [0.15, 0.2) is 23.2 Å². The number of guanidine groups is 1. The molecule has 0 radical (unpaired) electrons. The summed E-state index contributed by atoms with van der Waals surface area (Å²) >= 11 is 0. The molecule has 1 aromatic rings. The average molecular weight is 361 g/mol. The van der Waals surface area contributed by atoms with Gasteiger partial charge >= 0.3 is 0 Å². The van der Waals surface area contributed by atoms with E-state index in [2.05, 4.69) is 28.1 Å². The van der Waals surface area contributed by atoms with Gasteiger partial charge < -0.3 is 19.7 Å². The molecule has 1 saturated carbocycles. The smallest absolute Gasteiger partial charge is 0.194 e. The SMILES string of the molecule is CCNC(=NCC1CC1)N1CCN(Cc2cc(OC)ccc2OC)CC1. The summed E-state index contributed by atoms with van der Waals surface area (Å²) in [6, 6.07) is 6.00. The molecule has 0 atom stereocenters. The normalized spacial score (nSPS) is 18.7. The Morgan fingerprint density at radius 2 is 1.92 bits per heavy atom. The van der Waals surface area contributed by atoms with Crippen LogP contribution in [0.1, 0.15) is 25.3 Å². The highest BCUT2D eigenvalue weighted by atomic mass is 16.5. The molecule has 6 nitrogen and oxygen atoms in total. The third-order valence-corrected chi connectivity index (χ3v) is 5.08. The molecule has 6 heteroatoms. The zero-order chi connectivity index (χ0) is 18.4. The van der Waals surface area contributed by atoms with Crippen molar-refractivity contribution in [3.8, 4) is 11.5 Å². The van der Waals surface area contributed by atoms with Gasteiger partial charge in [0.2, 0.25) is 0 Å². The van der Waals surface area contributed by atoms with E-state index in [0.29, 0.717) is 0 Å². The first-order valence-electron chi connectivity index (χ1n) is 9.70. The molecule has 1 N–H and O–H groups in total. The summed E-state index contributed by atoms with van der Waals surface area (Å²) in [5, 5.41) is 3.45. The first kappa shape index (κ1) is 18.8. The average Bonchev–Trinajstić information content (AvgIpc) is 3.50. The van der Waals surface area contributed by atoms with Crippen molar-refractivity contribution >= 4 is 5.96 Å². The maximum Gasteiger partial charge on any atom is 0.194 e. The van der Waals surface area contributed by atoms with Gasteiger partial charge in [-0.1, -0.05) is 0 Å². The van der Waals surface area contributed by atoms with Crippen LogP contribution >= 0.6 is 0 Å².